The summed E-state index contributed by atoms with van der Waals surface area (Å²) in [4.78, 5) is 25.0. The summed E-state index contributed by atoms with van der Waals surface area (Å²) in [5.41, 5.74) is 2.30. The Morgan fingerprint density at radius 3 is 3.06 bits per heavy atom. The van der Waals surface area contributed by atoms with Gasteiger partial charge < -0.3 is 9.73 Å². The molecule has 0 atom stereocenters. The highest BCUT2D eigenvalue weighted by atomic mass is 16.4. The molecule has 0 radical (unpaired) electrons. The van der Waals surface area contributed by atoms with Crippen LogP contribution >= 0.6 is 0 Å². The third-order valence-electron chi connectivity index (χ3n) is 3.15. The Kier molecular flexibility index (Phi) is 2.66. The van der Waals surface area contributed by atoms with E-state index >= 15 is 0 Å². The van der Waals surface area contributed by atoms with E-state index in [1.54, 1.807) is 0 Å². The lowest BCUT2D eigenvalue weighted by atomic mass is 10.1. The number of carbonyl (C=O) groups is 1. The van der Waals surface area contributed by atoms with Gasteiger partial charge in [0.2, 0.25) is 5.91 Å². The molecule has 1 aliphatic carbocycles. The number of benzene rings is 1. The van der Waals surface area contributed by atoms with Crippen LogP contribution in [0.1, 0.15) is 18.4 Å². The normalized spacial score (nSPS) is 14.9. The Labute approximate surface area is 103 Å². The first-order chi connectivity index (χ1) is 8.72. The minimum atomic E-state index is -0.441. The van der Waals surface area contributed by atoms with Gasteiger partial charge in [0.1, 0.15) is 0 Å². The van der Waals surface area contributed by atoms with Gasteiger partial charge >= 0.3 is 5.76 Å². The van der Waals surface area contributed by atoms with E-state index in [1.807, 2.05) is 18.2 Å². The summed E-state index contributed by atoms with van der Waals surface area (Å²) >= 11 is 0. The quantitative estimate of drug-likeness (QED) is 0.850. The van der Waals surface area contributed by atoms with E-state index in [0.29, 0.717) is 17.6 Å². The molecule has 0 bridgehead atoms. The van der Waals surface area contributed by atoms with Crippen molar-refractivity contribution in [3.63, 3.8) is 0 Å². The number of aromatic amines is 1. The average Bonchev–Trinajstić information content (AvgIpc) is 3.11. The van der Waals surface area contributed by atoms with Crippen LogP contribution in [0.3, 0.4) is 0 Å². The summed E-state index contributed by atoms with van der Waals surface area (Å²) in [5, 5.41) is 2.91. The highest BCUT2D eigenvalue weighted by molar-refractivity contribution is 5.80. The molecule has 2 N–H and O–H groups in total. The van der Waals surface area contributed by atoms with Crippen LogP contribution in [0, 0.1) is 5.92 Å². The standard InChI is InChI=1S/C13H14N2O3/c16-12(9-2-3-9)14-6-5-8-1-4-10-11(7-8)18-13(17)15-10/h1,4,7,9H,2-3,5-6H2,(H,14,16)(H,15,17). The molecule has 1 fully saturated rings. The lowest BCUT2D eigenvalue weighted by molar-refractivity contribution is -0.122. The summed E-state index contributed by atoms with van der Waals surface area (Å²) < 4.78 is 4.99. The monoisotopic (exact) mass is 246 g/mol. The number of H-pyrrole nitrogens is 1. The minimum Gasteiger partial charge on any atom is -0.408 e. The van der Waals surface area contributed by atoms with Crippen LogP contribution in [0.15, 0.2) is 27.4 Å². The lowest BCUT2D eigenvalue weighted by Crippen LogP contribution is -2.26. The van der Waals surface area contributed by atoms with Crippen molar-refractivity contribution < 1.29 is 9.21 Å². The Balaban J connectivity index is 1.63. The molecule has 0 unspecified atom stereocenters. The largest absolute Gasteiger partial charge is 0.417 e. The maximum atomic E-state index is 11.4. The summed E-state index contributed by atoms with van der Waals surface area (Å²) in [7, 11) is 0. The molecule has 1 aromatic heterocycles. The molecule has 0 saturated heterocycles. The zero-order valence-corrected chi connectivity index (χ0v) is 9.86. The molecule has 0 aliphatic heterocycles. The van der Waals surface area contributed by atoms with Gasteiger partial charge in [-0.15, -0.1) is 0 Å². The van der Waals surface area contributed by atoms with E-state index in [4.69, 9.17) is 4.42 Å². The van der Waals surface area contributed by atoms with Crippen LogP contribution < -0.4 is 11.1 Å². The first-order valence-corrected chi connectivity index (χ1v) is 6.12. The Morgan fingerprint density at radius 1 is 1.44 bits per heavy atom. The lowest BCUT2D eigenvalue weighted by Gasteiger charge is -2.04. The molecule has 94 valence electrons. The molecule has 0 spiro atoms. The summed E-state index contributed by atoms with van der Waals surface area (Å²) in [6.07, 6.45) is 2.78. The summed E-state index contributed by atoms with van der Waals surface area (Å²) in [6.45, 7) is 0.621. The Morgan fingerprint density at radius 2 is 2.28 bits per heavy atom. The maximum absolute atomic E-state index is 11.4. The van der Waals surface area contributed by atoms with Crippen molar-refractivity contribution in [3.8, 4) is 0 Å². The van der Waals surface area contributed by atoms with Crippen LogP contribution in [0.25, 0.3) is 11.1 Å². The van der Waals surface area contributed by atoms with Crippen LogP contribution in [-0.2, 0) is 11.2 Å². The molecule has 1 saturated carbocycles. The van der Waals surface area contributed by atoms with Gasteiger partial charge in [0.25, 0.3) is 0 Å². The van der Waals surface area contributed by atoms with Gasteiger partial charge in [-0.2, -0.15) is 0 Å². The smallest absolute Gasteiger partial charge is 0.408 e. The fraction of sp³-hybridized carbons (Fsp3) is 0.385. The molecular formula is C13H14N2O3. The van der Waals surface area contributed by atoms with E-state index in [0.717, 1.165) is 24.8 Å². The predicted molar refractivity (Wildman–Crippen MR) is 66.3 cm³/mol. The van der Waals surface area contributed by atoms with Gasteiger partial charge in [0, 0.05) is 12.5 Å². The molecule has 5 nitrogen and oxygen atoms in total. The van der Waals surface area contributed by atoms with Gasteiger partial charge in [-0.05, 0) is 37.0 Å². The topological polar surface area (TPSA) is 75.1 Å². The van der Waals surface area contributed by atoms with Gasteiger partial charge in [-0.1, -0.05) is 6.07 Å². The number of aromatic nitrogens is 1. The fourth-order valence-electron chi connectivity index (χ4n) is 1.97. The van der Waals surface area contributed by atoms with E-state index in [9.17, 15) is 9.59 Å². The zero-order valence-electron chi connectivity index (χ0n) is 9.86. The SMILES string of the molecule is O=C(NCCc1ccc2[nH]c(=O)oc2c1)C1CC1. The van der Waals surface area contributed by atoms with Crippen molar-refractivity contribution in [2.45, 2.75) is 19.3 Å². The molecule has 18 heavy (non-hydrogen) atoms. The van der Waals surface area contributed by atoms with Crippen LogP contribution in [-0.4, -0.2) is 17.4 Å². The number of carbonyl (C=O) groups excluding carboxylic acids is 1. The van der Waals surface area contributed by atoms with E-state index in [1.165, 1.54) is 0 Å². The van der Waals surface area contributed by atoms with Crippen molar-refractivity contribution in [1.29, 1.82) is 0 Å². The number of amides is 1. The van der Waals surface area contributed by atoms with Crippen LogP contribution in [0.4, 0.5) is 0 Å². The van der Waals surface area contributed by atoms with E-state index in [2.05, 4.69) is 10.3 Å². The zero-order chi connectivity index (χ0) is 12.5. The second-order valence-electron chi connectivity index (χ2n) is 4.66. The first-order valence-electron chi connectivity index (χ1n) is 6.12. The van der Waals surface area contributed by atoms with Gasteiger partial charge in [-0.25, -0.2) is 4.79 Å². The van der Waals surface area contributed by atoms with Gasteiger partial charge in [-0.3, -0.25) is 9.78 Å². The van der Waals surface area contributed by atoms with Crippen molar-refractivity contribution in [2.24, 2.45) is 5.92 Å². The number of rotatable bonds is 4. The highest BCUT2D eigenvalue weighted by Gasteiger charge is 2.28. The third kappa shape index (κ3) is 2.30. The van der Waals surface area contributed by atoms with E-state index < -0.39 is 5.76 Å². The third-order valence-corrected chi connectivity index (χ3v) is 3.15. The number of hydrogen-bond acceptors (Lipinski definition) is 3. The molecule has 1 heterocycles. The second-order valence-corrected chi connectivity index (χ2v) is 4.66. The summed E-state index contributed by atoms with van der Waals surface area (Å²) in [6, 6.07) is 5.58. The van der Waals surface area contributed by atoms with E-state index in [-0.39, 0.29) is 11.8 Å². The number of oxazole rings is 1. The second kappa shape index (κ2) is 4.33. The molecule has 3 rings (SSSR count). The minimum absolute atomic E-state index is 0.157. The molecule has 2 aromatic rings. The van der Waals surface area contributed by atoms with Crippen LogP contribution in [0.5, 0.6) is 0 Å². The van der Waals surface area contributed by atoms with Crippen molar-refractivity contribution in [3.05, 3.63) is 34.3 Å². The maximum Gasteiger partial charge on any atom is 0.417 e. The molecule has 1 aromatic carbocycles. The highest BCUT2D eigenvalue weighted by Crippen LogP contribution is 2.28. The Bertz CT molecular complexity index is 637. The molecule has 1 aliphatic rings. The van der Waals surface area contributed by atoms with Crippen molar-refractivity contribution in [1.82, 2.24) is 10.3 Å². The Hall–Kier alpha value is -2.04. The van der Waals surface area contributed by atoms with Gasteiger partial charge in [0.15, 0.2) is 5.58 Å². The fourth-order valence-corrected chi connectivity index (χ4v) is 1.97. The molecular weight excluding hydrogens is 232 g/mol. The molecule has 5 heteroatoms. The van der Waals surface area contributed by atoms with Crippen LogP contribution in [0.2, 0.25) is 0 Å². The van der Waals surface area contributed by atoms with Gasteiger partial charge in [0.05, 0.1) is 5.52 Å². The average molecular weight is 246 g/mol. The van der Waals surface area contributed by atoms with Crippen molar-refractivity contribution >= 4 is 17.0 Å². The summed E-state index contributed by atoms with van der Waals surface area (Å²) in [5.74, 6) is -0.0383. The number of fused-ring (bicyclic) bond motifs is 1. The van der Waals surface area contributed by atoms with Crippen molar-refractivity contribution in [2.75, 3.05) is 6.54 Å². The number of nitrogens with one attached hydrogen (secondary N) is 2. The number of hydrogen-bond donors (Lipinski definition) is 2. The molecule has 1 amide bonds. The first kappa shape index (κ1) is 11.1. The predicted octanol–water partition coefficient (Wildman–Crippen LogP) is 1.19.